The number of ether oxygens (including phenoxy) is 2. The Hall–Kier alpha value is -4.87. The lowest BCUT2D eigenvalue weighted by Gasteiger charge is -2.34. The number of benzene rings is 3. The summed E-state index contributed by atoms with van der Waals surface area (Å²) < 4.78 is 11.5. The van der Waals surface area contributed by atoms with Crippen LogP contribution in [-0.2, 0) is 11.2 Å². The Bertz CT molecular complexity index is 1300. The molecule has 1 aliphatic rings. The van der Waals surface area contributed by atoms with Crippen LogP contribution in [0.3, 0.4) is 0 Å². The molecule has 3 aromatic rings. The molecule has 35 heavy (non-hydrogen) atoms. The number of nitroso groups, excluding NO2 is 1. The van der Waals surface area contributed by atoms with E-state index < -0.39 is 29.5 Å². The molecule has 10 N–H and O–H groups in total. The quantitative estimate of drug-likeness (QED) is 0.121. The standard InChI is InChI=1S/C23H22N4O8/c24-14-2-9(4-17(29)20(14)26)22-11(1-13-16(28)6-12(27-33)7-19(13)35-22)8-34-23(32)10-3-15(25)21(31)18(30)5-10/h2-7,11,22,28-31H,1,8,24-26H2/t11?,22-/m0/s1. The fraction of sp³-hybridized carbons (Fsp3) is 0.174. The molecule has 12 nitrogen and oxygen atoms in total. The Morgan fingerprint density at radius 2 is 1.71 bits per heavy atom. The number of hydrogen-bond acceptors (Lipinski definition) is 12. The number of carbonyl (C=O) groups excluding carboxylic acids is 1. The molecule has 2 atom stereocenters. The van der Waals surface area contributed by atoms with E-state index in [1.807, 2.05) is 0 Å². The van der Waals surface area contributed by atoms with Crippen LogP contribution in [-0.4, -0.2) is 33.0 Å². The van der Waals surface area contributed by atoms with Crippen molar-refractivity contribution < 1.29 is 34.7 Å². The maximum absolute atomic E-state index is 12.6. The molecular weight excluding hydrogens is 460 g/mol. The SMILES string of the molecule is Nc1cc([C@@H]2Oc3cc(N=O)cc(O)c3CC2COC(=O)c2cc(N)c(O)c(O)c2)cc(O)c1N. The van der Waals surface area contributed by atoms with Crippen LogP contribution in [0.5, 0.6) is 28.7 Å². The highest BCUT2D eigenvalue weighted by Gasteiger charge is 2.35. The second kappa shape index (κ2) is 8.82. The third-order valence-electron chi connectivity index (χ3n) is 5.75. The number of phenolic OH excluding ortho intramolecular Hbond substituents is 4. The van der Waals surface area contributed by atoms with Crippen LogP contribution in [0, 0.1) is 10.8 Å². The second-order valence-electron chi connectivity index (χ2n) is 8.11. The minimum absolute atomic E-state index is 0.0113. The van der Waals surface area contributed by atoms with Crippen molar-refractivity contribution in [2.24, 2.45) is 11.1 Å². The Balaban J connectivity index is 1.67. The molecule has 182 valence electrons. The van der Waals surface area contributed by atoms with E-state index in [0.717, 1.165) is 12.1 Å². The molecule has 0 spiro atoms. The Labute approximate surface area is 198 Å². The van der Waals surface area contributed by atoms with Gasteiger partial charge in [0.15, 0.2) is 11.5 Å². The zero-order chi connectivity index (χ0) is 25.4. The molecule has 0 fully saturated rings. The number of aromatic hydroxyl groups is 4. The number of phenols is 4. The smallest absolute Gasteiger partial charge is 0.338 e. The number of esters is 1. The summed E-state index contributed by atoms with van der Waals surface area (Å²) in [7, 11) is 0. The van der Waals surface area contributed by atoms with Crippen molar-refractivity contribution in [2.75, 3.05) is 23.8 Å². The third kappa shape index (κ3) is 4.36. The minimum Gasteiger partial charge on any atom is -0.507 e. The molecule has 0 bridgehead atoms. The van der Waals surface area contributed by atoms with E-state index in [-0.39, 0.29) is 58.6 Å². The molecule has 1 aliphatic heterocycles. The molecule has 0 aliphatic carbocycles. The van der Waals surface area contributed by atoms with Crippen molar-refractivity contribution in [2.45, 2.75) is 12.5 Å². The lowest BCUT2D eigenvalue weighted by Crippen LogP contribution is -2.30. The lowest BCUT2D eigenvalue weighted by molar-refractivity contribution is 0.0224. The molecule has 0 amide bonds. The van der Waals surface area contributed by atoms with Gasteiger partial charge in [-0.05, 0) is 41.4 Å². The highest BCUT2D eigenvalue weighted by atomic mass is 16.5. The fourth-order valence-electron chi connectivity index (χ4n) is 3.94. The lowest BCUT2D eigenvalue weighted by atomic mass is 9.86. The Morgan fingerprint density at radius 1 is 0.971 bits per heavy atom. The average Bonchev–Trinajstić information content (AvgIpc) is 2.83. The molecular formula is C23H22N4O8. The molecule has 12 heteroatoms. The first-order chi connectivity index (χ1) is 16.6. The molecule has 0 aromatic heterocycles. The van der Waals surface area contributed by atoms with Gasteiger partial charge in [0.2, 0.25) is 0 Å². The van der Waals surface area contributed by atoms with Gasteiger partial charge in [0.1, 0.15) is 29.0 Å². The summed E-state index contributed by atoms with van der Waals surface area (Å²) in [6.07, 6.45) is -0.671. The van der Waals surface area contributed by atoms with Crippen LogP contribution in [0.4, 0.5) is 22.7 Å². The monoisotopic (exact) mass is 482 g/mol. The topological polar surface area (TPSA) is 224 Å². The van der Waals surface area contributed by atoms with Gasteiger partial charge in [-0.1, -0.05) is 0 Å². The number of nitrogens with two attached hydrogens (primary N) is 3. The third-order valence-corrected chi connectivity index (χ3v) is 5.75. The number of anilines is 3. The number of nitrogens with zero attached hydrogens (tertiary/aromatic N) is 1. The largest absolute Gasteiger partial charge is 0.507 e. The van der Waals surface area contributed by atoms with Gasteiger partial charge in [0.25, 0.3) is 0 Å². The molecule has 0 radical (unpaired) electrons. The molecule has 4 rings (SSSR count). The molecule has 0 saturated heterocycles. The summed E-state index contributed by atoms with van der Waals surface area (Å²) in [6.45, 7) is -0.220. The van der Waals surface area contributed by atoms with E-state index in [0.29, 0.717) is 11.1 Å². The van der Waals surface area contributed by atoms with Crippen molar-refractivity contribution in [3.63, 3.8) is 0 Å². The maximum Gasteiger partial charge on any atom is 0.338 e. The van der Waals surface area contributed by atoms with E-state index in [9.17, 15) is 30.1 Å². The normalized spacial score (nSPS) is 16.7. The van der Waals surface area contributed by atoms with Crippen LogP contribution in [0.2, 0.25) is 0 Å². The van der Waals surface area contributed by atoms with Gasteiger partial charge >= 0.3 is 5.97 Å². The van der Waals surface area contributed by atoms with E-state index in [4.69, 9.17) is 26.7 Å². The van der Waals surface area contributed by atoms with Crippen molar-refractivity contribution in [3.05, 3.63) is 58.0 Å². The van der Waals surface area contributed by atoms with Gasteiger partial charge in [0.05, 0.1) is 29.2 Å². The minimum atomic E-state index is -0.832. The highest BCUT2D eigenvalue weighted by Crippen LogP contribution is 2.46. The number of rotatable bonds is 5. The summed E-state index contributed by atoms with van der Waals surface area (Å²) in [4.78, 5) is 23.6. The van der Waals surface area contributed by atoms with E-state index >= 15 is 0 Å². The van der Waals surface area contributed by atoms with Gasteiger partial charge in [0, 0.05) is 23.6 Å². The van der Waals surface area contributed by atoms with E-state index in [2.05, 4.69) is 5.18 Å². The van der Waals surface area contributed by atoms with Gasteiger partial charge in [-0.2, -0.15) is 0 Å². The first kappa shape index (κ1) is 23.3. The van der Waals surface area contributed by atoms with Crippen LogP contribution >= 0.6 is 0 Å². The molecule has 1 unspecified atom stereocenters. The predicted octanol–water partition coefficient (Wildman–Crippen LogP) is 2.80. The summed E-state index contributed by atoms with van der Waals surface area (Å²) in [5, 5.41) is 42.7. The highest BCUT2D eigenvalue weighted by molar-refractivity contribution is 5.92. The zero-order valence-electron chi connectivity index (χ0n) is 18.1. The predicted molar refractivity (Wildman–Crippen MR) is 126 cm³/mol. The van der Waals surface area contributed by atoms with Crippen LogP contribution < -0.4 is 21.9 Å². The average molecular weight is 482 g/mol. The van der Waals surface area contributed by atoms with Crippen LogP contribution in [0.1, 0.15) is 27.6 Å². The molecule has 0 saturated carbocycles. The van der Waals surface area contributed by atoms with E-state index in [1.54, 1.807) is 0 Å². The summed E-state index contributed by atoms with van der Waals surface area (Å²) >= 11 is 0. The van der Waals surface area contributed by atoms with Crippen molar-refractivity contribution in [1.29, 1.82) is 0 Å². The van der Waals surface area contributed by atoms with Crippen LogP contribution in [0.15, 0.2) is 41.6 Å². The summed E-state index contributed by atoms with van der Waals surface area (Å²) in [5.74, 6) is -2.85. The maximum atomic E-state index is 12.6. The van der Waals surface area contributed by atoms with Crippen LogP contribution in [0.25, 0.3) is 0 Å². The molecule has 3 aromatic carbocycles. The number of carbonyl (C=O) groups is 1. The van der Waals surface area contributed by atoms with Crippen molar-refractivity contribution in [1.82, 2.24) is 0 Å². The van der Waals surface area contributed by atoms with Crippen molar-refractivity contribution in [3.8, 4) is 28.7 Å². The summed E-state index contributed by atoms with van der Waals surface area (Å²) in [5.41, 5.74) is 17.7. The summed E-state index contributed by atoms with van der Waals surface area (Å²) in [6, 6.07) is 7.57. The molecule has 1 heterocycles. The number of nitrogen functional groups attached to an aromatic ring is 3. The Kier molecular flexibility index (Phi) is 5.87. The fourth-order valence-corrected chi connectivity index (χ4v) is 3.94. The van der Waals surface area contributed by atoms with Crippen molar-refractivity contribution >= 4 is 28.7 Å². The number of hydrogen-bond donors (Lipinski definition) is 7. The first-order valence-electron chi connectivity index (χ1n) is 10.3. The van der Waals surface area contributed by atoms with Gasteiger partial charge in [-0.15, -0.1) is 4.91 Å². The van der Waals surface area contributed by atoms with Gasteiger partial charge < -0.3 is 47.1 Å². The van der Waals surface area contributed by atoms with Gasteiger partial charge in [-0.3, -0.25) is 0 Å². The second-order valence-corrected chi connectivity index (χ2v) is 8.11. The zero-order valence-corrected chi connectivity index (χ0v) is 18.1. The first-order valence-corrected chi connectivity index (χ1v) is 10.3. The van der Waals surface area contributed by atoms with Gasteiger partial charge in [-0.25, -0.2) is 4.79 Å². The Morgan fingerprint density at radius 3 is 2.37 bits per heavy atom. The number of fused-ring (bicyclic) bond motifs is 1. The van der Waals surface area contributed by atoms with E-state index in [1.165, 1.54) is 24.3 Å².